The number of aliphatic hydroxyl groups is 1. The molecule has 0 aromatic carbocycles. The molecule has 7 nitrogen and oxygen atoms in total. The maximum Gasteiger partial charge on any atom is 0.334 e. The Morgan fingerprint density at radius 3 is 2.78 bits per heavy atom. The number of epoxide rings is 1. The highest BCUT2D eigenvalue weighted by Crippen LogP contribution is 2.63. The second kappa shape index (κ2) is 5.75. The number of hydrogen-bond acceptors (Lipinski definition) is 7. The zero-order valence-electron chi connectivity index (χ0n) is 15.9. The Hall–Kier alpha value is -1.99. The van der Waals surface area contributed by atoms with Gasteiger partial charge in [0.1, 0.15) is 17.8 Å². The Bertz CT molecular complexity index is 796. The van der Waals surface area contributed by atoms with Crippen molar-refractivity contribution in [2.24, 2.45) is 17.8 Å². The van der Waals surface area contributed by atoms with Crippen molar-refractivity contribution in [3.63, 3.8) is 0 Å². The van der Waals surface area contributed by atoms with Gasteiger partial charge in [0.15, 0.2) is 11.4 Å². The van der Waals surface area contributed by atoms with Crippen LogP contribution in [0.5, 0.6) is 0 Å². The van der Waals surface area contributed by atoms with E-state index in [1.165, 1.54) is 0 Å². The van der Waals surface area contributed by atoms with Crippen LogP contribution in [-0.4, -0.2) is 52.8 Å². The van der Waals surface area contributed by atoms with Gasteiger partial charge in [0.2, 0.25) is 0 Å². The van der Waals surface area contributed by atoms with Crippen LogP contribution in [0.4, 0.5) is 0 Å². The van der Waals surface area contributed by atoms with E-state index >= 15 is 0 Å². The van der Waals surface area contributed by atoms with Crippen LogP contribution >= 0.6 is 0 Å². The van der Waals surface area contributed by atoms with Crippen LogP contribution < -0.4 is 0 Å². The Labute approximate surface area is 157 Å². The molecule has 4 rings (SSSR count). The second-order valence-electron chi connectivity index (χ2n) is 8.09. The number of carbonyl (C=O) groups is 3. The van der Waals surface area contributed by atoms with Crippen molar-refractivity contribution in [2.75, 3.05) is 6.61 Å². The molecule has 27 heavy (non-hydrogen) atoms. The Morgan fingerprint density at radius 1 is 1.44 bits per heavy atom. The number of ketones is 1. The minimum absolute atomic E-state index is 0.189. The molecule has 7 unspecified atom stereocenters. The number of aliphatic hydroxyl groups excluding tert-OH is 1. The molecular formula is C20H24O7. The van der Waals surface area contributed by atoms with E-state index in [2.05, 4.69) is 0 Å². The molecule has 1 N–H and O–H groups in total. The van der Waals surface area contributed by atoms with Crippen molar-refractivity contribution in [3.05, 3.63) is 23.3 Å². The highest BCUT2D eigenvalue weighted by atomic mass is 16.7. The third-order valence-corrected chi connectivity index (χ3v) is 6.86. The number of carbonyl (C=O) groups excluding carboxylic acids is 3. The molecule has 4 aliphatic rings. The maximum absolute atomic E-state index is 13.1. The first kappa shape index (κ1) is 18.4. The van der Waals surface area contributed by atoms with E-state index in [9.17, 15) is 19.5 Å². The Morgan fingerprint density at radius 2 is 2.15 bits per heavy atom. The second-order valence-corrected chi connectivity index (χ2v) is 8.09. The van der Waals surface area contributed by atoms with E-state index < -0.39 is 53.1 Å². The van der Waals surface area contributed by atoms with Crippen LogP contribution in [0.1, 0.15) is 34.1 Å². The molecule has 7 heteroatoms. The van der Waals surface area contributed by atoms with E-state index in [4.69, 9.17) is 14.2 Å². The van der Waals surface area contributed by atoms with Crippen LogP contribution in [0.2, 0.25) is 0 Å². The van der Waals surface area contributed by atoms with Crippen LogP contribution in [-0.2, 0) is 28.6 Å². The summed E-state index contributed by atoms with van der Waals surface area (Å²) >= 11 is 0. The van der Waals surface area contributed by atoms with Gasteiger partial charge >= 0.3 is 11.9 Å². The van der Waals surface area contributed by atoms with Gasteiger partial charge in [-0.3, -0.25) is 9.59 Å². The summed E-state index contributed by atoms with van der Waals surface area (Å²) in [7, 11) is 0. The molecule has 2 saturated heterocycles. The topological polar surface area (TPSA) is 102 Å². The minimum atomic E-state index is -1.20. The molecule has 0 aromatic rings. The van der Waals surface area contributed by atoms with Crippen LogP contribution in [0.25, 0.3) is 0 Å². The molecule has 2 aliphatic heterocycles. The van der Waals surface area contributed by atoms with Gasteiger partial charge in [-0.25, -0.2) is 4.79 Å². The number of esters is 2. The van der Waals surface area contributed by atoms with E-state index in [0.717, 1.165) is 0 Å². The first-order chi connectivity index (χ1) is 12.7. The number of Topliss-reactive ketones (excluding diaryl/α,β-unsaturated/α-hetero) is 1. The summed E-state index contributed by atoms with van der Waals surface area (Å²) in [4.78, 5) is 38.0. The van der Waals surface area contributed by atoms with Crippen molar-refractivity contribution in [1.29, 1.82) is 0 Å². The first-order valence-electron chi connectivity index (χ1n) is 9.30. The molecule has 0 radical (unpaired) electrons. The van der Waals surface area contributed by atoms with Crippen LogP contribution in [0.15, 0.2) is 23.3 Å². The van der Waals surface area contributed by atoms with Gasteiger partial charge in [-0.15, -0.1) is 0 Å². The summed E-state index contributed by atoms with van der Waals surface area (Å²) in [6.45, 7) is 6.56. The van der Waals surface area contributed by atoms with Gasteiger partial charge in [0.25, 0.3) is 0 Å². The highest BCUT2D eigenvalue weighted by molar-refractivity contribution is 5.96. The molecule has 0 aromatic heterocycles. The van der Waals surface area contributed by atoms with Gasteiger partial charge < -0.3 is 19.3 Å². The lowest BCUT2D eigenvalue weighted by molar-refractivity contribution is -0.177. The predicted molar refractivity (Wildman–Crippen MR) is 92.3 cm³/mol. The van der Waals surface area contributed by atoms with E-state index in [0.29, 0.717) is 17.6 Å². The summed E-state index contributed by atoms with van der Waals surface area (Å²) in [5.41, 5.74) is -1.16. The average Bonchev–Trinajstić information content (AvgIpc) is 3.10. The largest absolute Gasteiger partial charge is 0.461 e. The number of fused-ring (bicyclic) bond motifs is 5. The number of rotatable bonds is 3. The summed E-state index contributed by atoms with van der Waals surface area (Å²) in [6.07, 6.45) is 2.24. The fourth-order valence-electron chi connectivity index (χ4n) is 5.02. The molecule has 0 bridgehead atoms. The fourth-order valence-corrected chi connectivity index (χ4v) is 5.02. The molecule has 3 fully saturated rings. The fraction of sp³-hybridized carbons (Fsp3) is 0.650. The van der Waals surface area contributed by atoms with Crippen molar-refractivity contribution in [1.82, 2.24) is 0 Å². The van der Waals surface area contributed by atoms with Gasteiger partial charge in [-0.05, 0) is 26.3 Å². The molecule has 0 spiro atoms. The van der Waals surface area contributed by atoms with Crippen LogP contribution in [0, 0.1) is 17.8 Å². The van der Waals surface area contributed by atoms with E-state index in [-0.39, 0.29) is 12.4 Å². The van der Waals surface area contributed by atoms with Crippen molar-refractivity contribution >= 4 is 17.7 Å². The summed E-state index contributed by atoms with van der Waals surface area (Å²) in [5, 5.41) is 9.92. The lowest BCUT2D eigenvalue weighted by Gasteiger charge is -2.41. The lowest BCUT2D eigenvalue weighted by atomic mass is 9.73. The maximum atomic E-state index is 13.1. The molecule has 7 atom stereocenters. The normalized spacial score (nSPS) is 45.3. The quantitative estimate of drug-likeness (QED) is 0.340. The molecule has 0 amide bonds. The zero-order valence-corrected chi connectivity index (χ0v) is 15.9. The molecule has 146 valence electrons. The van der Waals surface area contributed by atoms with Crippen molar-refractivity contribution < 1.29 is 33.7 Å². The van der Waals surface area contributed by atoms with Gasteiger partial charge in [0, 0.05) is 12.0 Å². The lowest BCUT2D eigenvalue weighted by Crippen LogP contribution is -2.55. The van der Waals surface area contributed by atoms with Gasteiger partial charge in [-0.1, -0.05) is 19.1 Å². The number of hydrogen-bond donors (Lipinski definition) is 1. The first-order valence-corrected chi connectivity index (χ1v) is 9.30. The monoisotopic (exact) mass is 376 g/mol. The van der Waals surface area contributed by atoms with Gasteiger partial charge in [-0.2, -0.15) is 0 Å². The highest BCUT2D eigenvalue weighted by Gasteiger charge is 2.80. The predicted octanol–water partition coefficient (Wildman–Crippen LogP) is 1.09. The SMILES string of the molecule is CC=C(C)C(=O)OC12CC=C(CO)C1C1OC(=O)C(C)C1C(=O)C1OC12C. The average molecular weight is 376 g/mol. The third-order valence-electron chi connectivity index (χ3n) is 6.86. The third kappa shape index (κ3) is 2.18. The van der Waals surface area contributed by atoms with Gasteiger partial charge in [0.05, 0.1) is 24.4 Å². The van der Waals surface area contributed by atoms with Crippen molar-refractivity contribution in [3.8, 4) is 0 Å². The molecular weight excluding hydrogens is 352 g/mol. The van der Waals surface area contributed by atoms with E-state index in [1.807, 2.05) is 6.08 Å². The molecule has 1 saturated carbocycles. The standard InChI is InChI=1S/C20H24O7/c1-5-9(2)17(23)27-20-7-6-11(8-21)13(20)15-12(10(3)18(24)25-15)14(22)16-19(20,4)26-16/h5-6,10,12-13,15-16,21H,7-8H2,1-4H3. The Kier molecular flexibility index (Phi) is 3.92. The minimum Gasteiger partial charge on any atom is -0.461 e. The van der Waals surface area contributed by atoms with E-state index in [1.54, 1.807) is 33.8 Å². The zero-order chi connectivity index (χ0) is 19.7. The molecule has 2 heterocycles. The Balaban J connectivity index is 1.85. The summed E-state index contributed by atoms with van der Waals surface area (Å²) in [6, 6.07) is 0. The summed E-state index contributed by atoms with van der Waals surface area (Å²) in [5.74, 6) is -3.03. The van der Waals surface area contributed by atoms with Crippen LogP contribution in [0.3, 0.4) is 0 Å². The number of allylic oxidation sites excluding steroid dienone is 1. The smallest absolute Gasteiger partial charge is 0.334 e. The summed E-state index contributed by atoms with van der Waals surface area (Å²) < 4.78 is 17.5. The molecule has 2 aliphatic carbocycles. The van der Waals surface area contributed by atoms with Crippen molar-refractivity contribution in [2.45, 2.75) is 57.5 Å². The number of ether oxygens (including phenoxy) is 3.